The number of hydrogen-bond acceptors (Lipinski definition) is 5. The third kappa shape index (κ3) is 7.67. The van der Waals surface area contributed by atoms with Gasteiger partial charge in [0.15, 0.2) is 0 Å². The number of methoxy groups -OCH3 is 1. The number of carbonyl (C=O) groups is 2. The Bertz CT molecular complexity index is 453. The quantitative estimate of drug-likeness (QED) is 0.376. The molecule has 1 aromatic rings. The maximum atomic E-state index is 11.6. The van der Waals surface area contributed by atoms with Crippen LogP contribution in [0, 0.1) is 0 Å². The molecule has 0 unspecified atom stereocenters. The van der Waals surface area contributed by atoms with Gasteiger partial charge in [0.05, 0.1) is 13.7 Å². The van der Waals surface area contributed by atoms with Gasteiger partial charge in [-0.3, -0.25) is 9.59 Å². The van der Waals surface area contributed by atoms with Crippen molar-refractivity contribution >= 4 is 11.9 Å². The summed E-state index contributed by atoms with van der Waals surface area (Å²) in [6.45, 7) is 2.55. The van der Waals surface area contributed by atoms with Gasteiger partial charge in [-0.15, -0.1) is 0 Å². The largest absolute Gasteiger partial charge is 0.497 e. The number of carbonyl (C=O) groups excluding carboxylic acids is 2. The molecule has 0 aliphatic carbocycles. The summed E-state index contributed by atoms with van der Waals surface area (Å²) >= 11 is 0. The molecule has 1 rings (SSSR count). The van der Waals surface area contributed by atoms with Gasteiger partial charge in [-0.2, -0.15) is 0 Å². The van der Waals surface area contributed by atoms with Crippen molar-refractivity contribution in [2.24, 2.45) is 0 Å². The summed E-state index contributed by atoms with van der Waals surface area (Å²) in [5.74, 6) is 0.552. The molecule has 5 heteroatoms. The third-order valence-corrected chi connectivity index (χ3v) is 3.06. The van der Waals surface area contributed by atoms with Crippen LogP contribution in [0.25, 0.3) is 0 Å². The molecule has 0 radical (unpaired) electrons. The van der Waals surface area contributed by atoms with E-state index in [0.717, 1.165) is 19.3 Å². The highest BCUT2D eigenvalue weighted by Gasteiger charge is 2.08. The Kier molecular flexibility index (Phi) is 8.72. The molecular formula is C17H24O5. The molecule has 0 saturated carbocycles. The van der Waals surface area contributed by atoms with E-state index in [0.29, 0.717) is 24.5 Å². The summed E-state index contributed by atoms with van der Waals surface area (Å²) in [5.41, 5.74) is 0. The summed E-state index contributed by atoms with van der Waals surface area (Å²) in [5, 5.41) is 0. The first-order chi connectivity index (χ1) is 10.7. The molecule has 0 fully saturated rings. The molecule has 0 bridgehead atoms. The molecular weight excluding hydrogens is 284 g/mol. The van der Waals surface area contributed by atoms with Gasteiger partial charge in [-0.25, -0.2) is 0 Å². The van der Waals surface area contributed by atoms with Crippen molar-refractivity contribution in [1.82, 2.24) is 0 Å². The van der Waals surface area contributed by atoms with E-state index in [1.54, 1.807) is 31.4 Å². The molecule has 0 heterocycles. The zero-order valence-corrected chi connectivity index (χ0v) is 13.3. The standard InChI is InChI=1S/C17H24O5/c1-3-4-5-13-21-16(18)7-6-8-17(19)22-15-11-9-14(20-2)10-12-15/h9-12H,3-8,13H2,1-2H3. The molecule has 1 aromatic carbocycles. The molecule has 22 heavy (non-hydrogen) atoms. The van der Waals surface area contributed by atoms with Crippen molar-refractivity contribution in [2.45, 2.75) is 45.4 Å². The first kappa shape index (κ1) is 18.0. The summed E-state index contributed by atoms with van der Waals surface area (Å²) in [4.78, 5) is 23.1. The summed E-state index contributed by atoms with van der Waals surface area (Å²) in [7, 11) is 1.57. The van der Waals surface area contributed by atoms with Crippen molar-refractivity contribution in [1.29, 1.82) is 0 Å². The van der Waals surface area contributed by atoms with Gasteiger partial charge in [0.25, 0.3) is 0 Å². The van der Waals surface area contributed by atoms with Crippen LogP contribution >= 0.6 is 0 Å². The molecule has 0 aliphatic rings. The van der Waals surface area contributed by atoms with Crippen LogP contribution in [0.1, 0.15) is 45.4 Å². The van der Waals surface area contributed by atoms with Gasteiger partial charge in [-0.1, -0.05) is 19.8 Å². The lowest BCUT2D eigenvalue weighted by Gasteiger charge is -2.06. The van der Waals surface area contributed by atoms with E-state index in [9.17, 15) is 9.59 Å². The Balaban J connectivity index is 2.15. The molecule has 0 amide bonds. The predicted molar refractivity (Wildman–Crippen MR) is 83.0 cm³/mol. The first-order valence-corrected chi connectivity index (χ1v) is 7.66. The van der Waals surface area contributed by atoms with Gasteiger partial charge in [-0.05, 0) is 37.1 Å². The summed E-state index contributed by atoms with van der Waals surface area (Å²) < 4.78 is 15.2. The van der Waals surface area contributed by atoms with Crippen molar-refractivity contribution in [3.63, 3.8) is 0 Å². The minimum atomic E-state index is -0.357. The molecule has 5 nitrogen and oxygen atoms in total. The van der Waals surface area contributed by atoms with Crippen molar-refractivity contribution in [3.8, 4) is 11.5 Å². The fourth-order valence-corrected chi connectivity index (χ4v) is 1.81. The number of ether oxygens (including phenoxy) is 3. The van der Waals surface area contributed by atoms with Gasteiger partial charge >= 0.3 is 11.9 Å². The Labute approximate surface area is 131 Å². The van der Waals surface area contributed by atoms with Crippen LogP contribution < -0.4 is 9.47 Å². The molecule has 0 spiro atoms. The molecule has 122 valence electrons. The van der Waals surface area contributed by atoms with E-state index in [1.807, 2.05) is 0 Å². The second-order valence-electron chi connectivity index (χ2n) is 4.93. The van der Waals surface area contributed by atoms with Crippen LogP contribution in [0.5, 0.6) is 11.5 Å². The summed E-state index contributed by atoms with van der Waals surface area (Å²) in [6, 6.07) is 6.77. The van der Waals surface area contributed by atoms with Crippen LogP contribution in [0.15, 0.2) is 24.3 Å². The second-order valence-corrected chi connectivity index (χ2v) is 4.93. The van der Waals surface area contributed by atoms with Crippen molar-refractivity contribution < 1.29 is 23.8 Å². The minimum absolute atomic E-state index is 0.191. The highest BCUT2D eigenvalue weighted by molar-refractivity contribution is 5.74. The minimum Gasteiger partial charge on any atom is -0.497 e. The van der Waals surface area contributed by atoms with E-state index in [2.05, 4.69) is 6.92 Å². The van der Waals surface area contributed by atoms with Crippen molar-refractivity contribution in [2.75, 3.05) is 13.7 Å². The Hall–Kier alpha value is -2.04. The smallest absolute Gasteiger partial charge is 0.311 e. The van der Waals surface area contributed by atoms with Crippen LogP contribution in [0.2, 0.25) is 0 Å². The molecule has 0 saturated heterocycles. The molecule has 0 aliphatic heterocycles. The molecule has 0 aromatic heterocycles. The van der Waals surface area contributed by atoms with Crippen LogP contribution in [0.4, 0.5) is 0 Å². The first-order valence-electron chi connectivity index (χ1n) is 7.66. The predicted octanol–water partition coefficient (Wildman–Crippen LogP) is 3.50. The van der Waals surface area contributed by atoms with Gasteiger partial charge < -0.3 is 14.2 Å². The highest BCUT2D eigenvalue weighted by Crippen LogP contribution is 2.17. The van der Waals surface area contributed by atoms with Gasteiger partial charge in [0.2, 0.25) is 0 Å². The van der Waals surface area contributed by atoms with E-state index in [1.165, 1.54) is 0 Å². The Morgan fingerprint density at radius 1 is 0.909 bits per heavy atom. The van der Waals surface area contributed by atoms with E-state index in [4.69, 9.17) is 14.2 Å². The van der Waals surface area contributed by atoms with Crippen LogP contribution in [-0.4, -0.2) is 25.7 Å². The molecule has 0 atom stereocenters. The SMILES string of the molecule is CCCCCOC(=O)CCCC(=O)Oc1ccc(OC)cc1. The number of benzene rings is 1. The maximum absolute atomic E-state index is 11.6. The second kappa shape index (κ2) is 10.7. The number of hydrogen-bond donors (Lipinski definition) is 0. The lowest BCUT2D eigenvalue weighted by atomic mass is 10.2. The van der Waals surface area contributed by atoms with Crippen LogP contribution in [-0.2, 0) is 14.3 Å². The third-order valence-electron chi connectivity index (χ3n) is 3.06. The number of esters is 2. The lowest BCUT2D eigenvalue weighted by molar-refractivity contribution is -0.144. The average molecular weight is 308 g/mol. The normalized spacial score (nSPS) is 10.1. The number of rotatable bonds is 10. The van der Waals surface area contributed by atoms with E-state index >= 15 is 0 Å². The van der Waals surface area contributed by atoms with Crippen LogP contribution in [0.3, 0.4) is 0 Å². The fraction of sp³-hybridized carbons (Fsp3) is 0.529. The zero-order chi connectivity index (χ0) is 16.2. The topological polar surface area (TPSA) is 61.8 Å². The Morgan fingerprint density at radius 3 is 2.18 bits per heavy atom. The van der Waals surface area contributed by atoms with Gasteiger partial charge in [0, 0.05) is 12.8 Å². The molecule has 0 N–H and O–H groups in total. The fourth-order valence-electron chi connectivity index (χ4n) is 1.81. The highest BCUT2D eigenvalue weighted by atomic mass is 16.5. The monoisotopic (exact) mass is 308 g/mol. The summed E-state index contributed by atoms with van der Waals surface area (Å²) in [6.07, 6.45) is 3.90. The van der Waals surface area contributed by atoms with Gasteiger partial charge in [0.1, 0.15) is 11.5 Å². The van der Waals surface area contributed by atoms with E-state index < -0.39 is 0 Å². The van der Waals surface area contributed by atoms with E-state index in [-0.39, 0.29) is 24.8 Å². The number of unbranched alkanes of at least 4 members (excludes halogenated alkanes) is 2. The average Bonchev–Trinajstić information content (AvgIpc) is 2.52. The maximum Gasteiger partial charge on any atom is 0.311 e. The lowest BCUT2D eigenvalue weighted by Crippen LogP contribution is -2.10. The van der Waals surface area contributed by atoms with Crippen molar-refractivity contribution in [3.05, 3.63) is 24.3 Å². The Morgan fingerprint density at radius 2 is 1.55 bits per heavy atom. The zero-order valence-electron chi connectivity index (χ0n) is 13.3.